The number of aromatic nitrogens is 1. The molecule has 3 unspecified atom stereocenters. The zero-order chi connectivity index (χ0) is 14.7. The zero-order valence-electron chi connectivity index (χ0n) is 13.7. The summed E-state index contributed by atoms with van der Waals surface area (Å²) in [6, 6.07) is 1.15. The second kappa shape index (κ2) is 7.04. The van der Waals surface area contributed by atoms with E-state index in [0.29, 0.717) is 12.1 Å². The monoisotopic (exact) mass is 294 g/mol. The fourth-order valence-electron chi connectivity index (χ4n) is 3.70. The van der Waals surface area contributed by atoms with Crippen molar-refractivity contribution >= 4 is 11.3 Å². The van der Waals surface area contributed by atoms with E-state index < -0.39 is 0 Å². The summed E-state index contributed by atoms with van der Waals surface area (Å²) in [5, 5.41) is 5.05. The molecule has 2 rings (SSSR count). The fourth-order valence-corrected chi connectivity index (χ4v) is 4.64. The van der Waals surface area contributed by atoms with Crippen molar-refractivity contribution in [1.82, 2.24) is 10.3 Å². The third-order valence-electron chi connectivity index (χ3n) is 4.41. The van der Waals surface area contributed by atoms with Crippen molar-refractivity contribution in [3.8, 4) is 0 Å². The molecule has 1 N–H and O–H groups in total. The highest BCUT2D eigenvalue weighted by Gasteiger charge is 2.24. The van der Waals surface area contributed by atoms with Crippen LogP contribution in [0.2, 0.25) is 0 Å². The Morgan fingerprint density at radius 3 is 2.60 bits per heavy atom. The Kier molecular flexibility index (Phi) is 5.62. The number of hydrogen-bond acceptors (Lipinski definition) is 3. The Labute approximate surface area is 128 Å². The van der Waals surface area contributed by atoms with Gasteiger partial charge in [-0.3, -0.25) is 0 Å². The standard InChI is InChI=1S/C17H30N2S/c1-11(2)9-15-7-6-8-16(10-15)19-13(4)17-12(3)18-14(5)20-17/h11,13,15-16,19H,6-10H2,1-5H3. The Bertz CT molecular complexity index is 425. The molecule has 0 saturated heterocycles. The number of thiazole rings is 1. The zero-order valence-corrected chi connectivity index (χ0v) is 14.5. The van der Waals surface area contributed by atoms with Gasteiger partial charge in [0.2, 0.25) is 0 Å². The Hall–Kier alpha value is -0.410. The maximum absolute atomic E-state index is 4.56. The normalized spacial score (nSPS) is 25.1. The van der Waals surface area contributed by atoms with Crippen LogP contribution in [-0.2, 0) is 0 Å². The summed E-state index contributed by atoms with van der Waals surface area (Å²) in [6.07, 6.45) is 6.92. The quantitative estimate of drug-likeness (QED) is 0.825. The predicted molar refractivity (Wildman–Crippen MR) is 88.3 cm³/mol. The van der Waals surface area contributed by atoms with Gasteiger partial charge in [-0.25, -0.2) is 4.98 Å². The Morgan fingerprint density at radius 2 is 2.00 bits per heavy atom. The first-order valence-electron chi connectivity index (χ1n) is 8.15. The summed E-state index contributed by atoms with van der Waals surface area (Å²) in [4.78, 5) is 5.98. The molecular formula is C17H30N2S. The molecule has 0 aromatic carbocycles. The lowest BCUT2D eigenvalue weighted by molar-refractivity contribution is 0.243. The van der Waals surface area contributed by atoms with Crippen molar-refractivity contribution in [2.75, 3.05) is 0 Å². The van der Waals surface area contributed by atoms with E-state index in [4.69, 9.17) is 0 Å². The van der Waals surface area contributed by atoms with E-state index in [2.05, 4.69) is 44.9 Å². The van der Waals surface area contributed by atoms with E-state index in [1.807, 2.05) is 11.3 Å². The van der Waals surface area contributed by atoms with Gasteiger partial charge in [0.15, 0.2) is 0 Å². The van der Waals surface area contributed by atoms with Crippen molar-refractivity contribution in [3.05, 3.63) is 15.6 Å². The van der Waals surface area contributed by atoms with E-state index in [9.17, 15) is 0 Å². The molecule has 1 heterocycles. The van der Waals surface area contributed by atoms with E-state index >= 15 is 0 Å². The average molecular weight is 295 g/mol. The molecule has 1 aliphatic rings. The van der Waals surface area contributed by atoms with E-state index in [0.717, 1.165) is 11.8 Å². The van der Waals surface area contributed by atoms with Crippen molar-refractivity contribution in [1.29, 1.82) is 0 Å². The summed E-state index contributed by atoms with van der Waals surface area (Å²) >= 11 is 1.85. The van der Waals surface area contributed by atoms with Crippen molar-refractivity contribution in [2.24, 2.45) is 11.8 Å². The Morgan fingerprint density at radius 1 is 1.25 bits per heavy atom. The predicted octanol–water partition coefficient (Wildman–Crippen LogP) is 5.02. The van der Waals surface area contributed by atoms with Crippen LogP contribution in [0, 0.1) is 25.7 Å². The van der Waals surface area contributed by atoms with Crippen LogP contribution >= 0.6 is 11.3 Å². The third kappa shape index (κ3) is 4.29. The molecule has 0 amide bonds. The molecule has 20 heavy (non-hydrogen) atoms. The number of hydrogen-bond donors (Lipinski definition) is 1. The topological polar surface area (TPSA) is 24.9 Å². The van der Waals surface area contributed by atoms with Crippen LogP contribution in [0.5, 0.6) is 0 Å². The van der Waals surface area contributed by atoms with Crippen LogP contribution < -0.4 is 5.32 Å². The number of rotatable bonds is 5. The SMILES string of the molecule is Cc1nc(C)c(C(C)NC2CCCC(CC(C)C)C2)s1. The van der Waals surface area contributed by atoms with E-state index in [1.165, 1.54) is 47.7 Å². The van der Waals surface area contributed by atoms with Gasteiger partial charge >= 0.3 is 0 Å². The van der Waals surface area contributed by atoms with Gasteiger partial charge in [0, 0.05) is 17.0 Å². The number of aryl methyl sites for hydroxylation is 2. The van der Waals surface area contributed by atoms with Gasteiger partial charge in [-0.15, -0.1) is 11.3 Å². The maximum atomic E-state index is 4.56. The molecule has 0 aliphatic heterocycles. The molecule has 1 aromatic heterocycles. The lowest BCUT2D eigenvalue weighted by atomic mass is 9.81. The molecule has 0 spiro atoms. The average Bonchev–Trinajstić information content (AvgIpc) is 2.68. The van der Waals surface area contributed by atoms with Gasteiger partial charge in [0.25, 0.3) is 0 Å². The maximum Gasteiger partial charge on any atom is 0.0900 e. The molecule has 1 aliphatic carbocycles. The van der Waals surface area contributed by atoms with Gasteiger partial charge in [-0.2, -0.15) is 0 Å². The van der Waals surface area contributed by atoms with Crippen LogP contribution in [0.15, 0.2) is 0 Å². The van der Waals surface area contributed by atoms with Gasteiger partial charge in [0.05, 0.1) is 10.7 Å². The minimum Gasteiger partial charge on any atom is -0.307 e. The minimum absolute atomic E-state index is 0.448. The molecule has 3 heteroatoms. The molecule has 1 fully saturated rings. The summed E-state index contributed by atoms with van der Waals surface area (Å²) in [7, 11) is 0. The lowest BCUT2D eigenvalue weighted by Crippen LogP contribution is -2.36. The first-order valence-corrected chi connectivity index (χ1v) is 8.97. The number of nitrogens with one attached hydrogen (secondary N) is 1. The molecule has 0 radical (unpaired) electrons. The molecule has 114 valence electrons. The van der Waals surface area contributed by atoms with Gasteiger partial charge < -0.3 is 5.32 Å². The van der Waals surface area contributed by atoms with Crippen molar-refractivity contribution in [2.45, 2.75) is 78.8 Å². The molecule has 3 atom stereocenters. The summed E-state index contributed by atoms with van der Waals surface area (Å²) in [5.74, 6) is 1.76. The van der Waals surface area contributed by atoms with Crippen molar-refractivity contribution in [3.63, 3.8) is 0 Å². The van der Waals surface area contributed by atoms with Crippen LogP contribution in [-0.4, -0.2) is 11.0 Å². The molecule has 1 saturated carbocycles. The molecular weight excluding hydrogens is 264 g/mol. The molecule has 2 nitrogen and oxygen atoms in total. The third-order valence-corrected chi connectivity index (χ3v) is 5.66. The summed E-state index contributed by atoms with van der Waals surface area (Å²) < 4.78 is 0. The minimum atomic E-state index is 0.448. The van der Waals surface area contributed by atoms with Crippen LogP contribution in [0.3, 0.4) is 0 Å². The summed E-state index contributed by atoms with van der Waals surface area (Å²) in [6.45, 7) is 11.2. The van der Waals surface area contributed by atoms with E-state index in [-0.39, 0.29) is 0 Å². The largest absolute Gasteiger partial charge is 0.307 e. The Balaban J connectivity index is 1.90. The van der Waals surface area contributed by atoms with E-state index in [1.54, 1.807) is 0 Å². The fraction of sp³-hybridized carbons (Fsp3) is 0.824. The second-order valence-corrected chi connectivity index (χ2v) is 8.16. The first-order chi connectivity index (χ1) is 9.45. The highest BCUT2D eigenvalue weighted by molar-refractivity contribution is 7.11. The van der Waals surface area contributed by atoms with Gasteiger partial charge in [-0.1, -0.05) is 26.7 Å². The van der Waals surface area contributed by atoms with Crippen LogP contribution in [0.25, 0.3) is 0 Å². The summed E-state index contributed by atoms with van der Waals surface area (Å²) in [5.41, 5.74) is 1.21. The smallest absolute Gasteiger partial charge is 0.0900 e. The highest BCUT2D eigenvalue weighted by Crippen LogP contribution is 2.32. The first kappa shape index (κ1) is 16.0. The van der Waals surface area contributed by atoms with Crippen LogP contribution in [0.4, 0.5) is 0 Å². The molecule has 1 aromatic rings. The van der Waals surface area contributed by atoms with Gasteiger partial charge in [0.1, 0.15) is 0 Å². The van der Waals surface area contributed by atoms with Crippen molar-refractivity contribution < 1.29 is 0 Å². The lowest BCUT2D eigenvalue weighted by Gasteiger charge is -2.32. The molecule has 0 bridgehead atoms. The van der Waals surface area contributed by atoms with Gasteiger partial charge in [-0.05, 0) is 51.9 Å². The number of nitrogens with zero attached hydrogens (tertiary/aromatic N) is 1. The van der Waals surface area contributed by atoms with Crippen LogP contribution in [0.1, 0.15) is 74.5 Å². The highest BCUT2D eigenvalue weighted by atomic mass is 32.1. The second-order valence-electron chi connectivity index (χ2n) is 6.93.